The van der Waals surface area contributed by atoms with E-state index in [2.05, 4.69) is 10.6 Å². The number of anilines is 1. The summed E-state index contributed by atoms with van der Waals surface area (Å²) in [5.41, 5.74) is 1.31. The van der Waals surface area contributed by atoms with Crippen LogP contribution < -0.4 is 15.5 Å². The first kappa shape index (κ1) is 16.1. The van der Waals surface area contributed by atoms with Crippen LogP contribution in [0.5, 0.6) is 0 Å². The van der Waals surface area contributed by atoms with Gasteiger partial charge in [0, 0.05) is 13.0 Å². The first-order chi connectivity index (χ1) is 10.1. The van der Waals surface area contributed by atoms with Crippen molar-refractivity contribution >= 4 is 23.0 Å². The van der Waals surface area contributed by atoms with Gasteiger partial charge in [-0.2, -0.15) is 0 Å². The van der Waals surface area contributed by atoms with E-state index in [0.717, 1.165) is 51.4 Å². The molecule has 0 spiro atoms. The molecular formula is C15H23FN3OS+. The van der Waals surface area contributed by atoms with Crippen LogP contribution in [0.4, 0.5) is 10.1 Å². The number of nitrogens with one attached hydrogen (secondary N) is 3. The van der Waals surface area contributed by atoms with Crippen LogP contribution in [0.15, 0.2) is 18.2 Å². The lowest BCUT2D eigenvalue weighted by Crippen LogP contribution is -3.14. The summed E-state index contributed by atoms with van der Waals surface area (Å²) in [6.45, 7) is 7.64. The summed E-state index contributed by atoms with van der Waals surface area (Å²) < 4.78 is 19.0. The number of ether oxygens (including phenoxy) is 1. The van der Waals surface area contributed by atoms with Gasteiger partial charge in [0.05, 0.1) is 25.4 Å². The van der Waals surface area contributed by atoms with Crippen molar-refractivity contribution in [2.24, 2.45) is 0 Å². The van der Waals surface area contributed by atoms with Crippen molar-refractivity contribution in [1.82, 2.24) is 5.32 Å². The predicted octanol–water partition coefficient (Wildman–Crippen LogP) is 0.726. The van der Waals surface area contributed by atoms with Gasteiger partial charge >= 0.3 is 0 Å². The Balaban J connectivity index is 1.65. The number of hydrogen-bond acceptors (Lipinski definition) is 2. The molecule has 1 saturated heterocycles. The minimum absolute atomic E-state index is 0.281. The lowest BCUT2D eigenvalue weighted by Gasteiger charge is -2.23. The van der Waals surface area contributed by atoms with E-state index in [1.807, 2.05) is 13.0 Å². The molecule has 0 amide bonds. The molecule has 0 unspecified atom stereocenters. The molecule has 6 heteroatoms. The summed E-state index contributed by atoms with van der Waals surface area (Å²) in [5.74, 6) is -0.281. The van der Waals surface area contributed by atoms with Gasteiger partial charge in [-0.05, 0) is 36.8 Å². The second-order valence-electron chi connectivity index (χ2n) is 5.33. The van der Waals surface area contributed by atoms with Crippen LogP contribution in [0.2, 0.25) is 0 Å². The van der Waals surface area contributed by atoms with Crippen molar-refractivity contribution in [1.29, 1.82) is 0 Å². The molecule has 0 saturated carbocycles. The van der Waals surface area contributed by atoms with E-state index in [1.165, 1.54) is 6.07 Å². The maximum Gasteiger partial charge on any atom is 0.170 e. The summed E-state index contributed by atoms with van der Waals surface area (Å²) in [4.78, 5) is 1.58. The van der Waals surface area contributed by atoms with Crippen molar-refractivity contribution < 1.29 is 14.0 Å². The monoisotopic (exact) mass is 312 g/mol. The molecule has 1 aromatic carbocycles. The number of aryl methyl sites for hydroxylation is 1. The molecule has 21 heavy (non-hydrogen) atoms. The highest BCUT2D eigenvalue weighted by Gasteiger charge is 2.12. The number of hydrogen-bond donors (Lipinski definition) is 3. The zero-order valence-electron chi connectivity index (χ0n) is 12.4. The minimum atomic E-state index is -0.281. The molecule has 4 nitrogen and oxygen atoms in total. The molecule has 0 aliphatic carbocycles. The summed E-state index contributed by atoms with van der Waals surface area (Å²) in [7, 11) is 0. The van der Waals surface area contributed by atoms with Crippen molar-refractivity contribution in [3.8, 4) is 0 Å². The topological polar surface area (TPSA) is 37.7 Å². The Bertz CT molecular complexity index is 478. The smallest absolute Gasteiger partial charge is 0.170 e. The Kier molecular flexibility index (Phi) is 6.35. The molecule has 116 valence electrons. The van der Waals surface area contributed by atoms with Gasteiger partial charge < -0.3 is 20.3 Å². The van der Waals surface area contributed by atoms with E-state index < -0.39 is 0 Å². The Morgan fingerprint density at radius 3 is 2.86 bits per heavy atom. The lowest BCUT2D eigenvalue weighted by molar-refractivity contribution is -0.908. The van der Waals surface area contributed by atoms with E-state index in [1.54, 1.807) is 11.0 Å². The first-order valence-corrected chi connectivity index (χ1v) is 7.78. The van der Waals surface area contributed by atoms with Gasteiger partial charge in [0.2, 0.25) is 0 Å². The number of rotatable bonds is 5. The summed E-state index contributed by atoms with van der Waals surface area (Å²) >= 11 is 5.18. The van der Waals surface area contributed by atoms with E-state index in [-0.39, 0.29) is 5.82 Å². The van der Waals surface area contributed by atoms with Crippen LogP contribution in [0, 0.1) is 12.7 Å². The van der Waals surface area contributed by atoms with Gasteiger partial charge in [0.1, 0.15) is 18.9 Å². The molecule has 0 aromatic heterocycles. The van der Waals surface area contributed by atoms with Crippen LogP contribution >= 0.6 is 12.2 Å². The van der Waals surface area contributed by atoms with Crippen LogP contribution in [-0.2, 0) is 4.74 Å². The highest BCUT2D eigenvalue weighted by atomic mass is 32.1. The largest absolute Gasteiger partial charge is 0.370 e. The maximum absolute atomic E-state index is 13.7. The van der Waals surface area contributed by atoms with E-state index in [9.17, 15) is 4.39 Å². The molecule has 0 radical (unpaired) electrons. The Labute approximate surface area is 130 Å². The Hall–Kier alpha value is -1.24. The first-order valence-electron chi connectivity index (χ1n) is 7.37. The van der Waals surface area contributed by atoms with Crippen LogP contribution in [0.3, 0.4) is 0 Å². The standard InChI is InChI=1S/C15H22FN3OS/c1-12-3-4-14(13(16)11-12)18-15(21)17-5-2-6-19-7-9-20-10-8-19/h3-4,11H,2,5-10H2,1H3,(H2,17,18,21)/p+1. The molecule has 1 fully saturated rings. The van der Waals surface area contributed by atoms with Crippen molar-refractivity contribution in [3.63, 3.8) is 0 Å². The van der Waals surface area contributed by atoms with E-state index >= 15 is 0 Å². The number of halogens is 1. The fourth-order valence-corrected chi connectivity index (χ4v) is 2.55. The van der Waals surface area contributed by atoms with Crippen molar-refractivity contribution in [2.75, 3.05) is 44.7 Å². The molecule has 1 heterocycles. The molecule has 1 aromatic rings. The highest BCUT2D eigenvalue weighted by Crippen LogP contribution is 2.14. The number of benzene rings is 1. The van der Waals surface area contributed by atoms with Gasteiger partial charge in [0.25, 0.3) is 0 Å². The third-order valence-corrected chi connectivity index (χ3v) is 3.81. The maximum atomic E-state index is 13.7. The zero-order valence-corrected chi connectivity index (χ0v) is 13.2. The molecule has 2 rings (SSSR count). The van der Waals surface area contributed by atoms with E-state index in [0.29, 0.717) is 10.8 Å². The fourth-order valence-electron chi connectivity index (χ4n) is 2.34. The molecule has 3 N–H and O–H groups in total. The average molecular weight is 312 g/mol. The Morgan fingerprint density at radius 1 is 1.38 bits per heavy atom. The molecule has 0 atom stereocenters. The Morgan fingerprint density at radius 2 is 2.14 bits per heavy atom. The lowest BCUT2D eigenvalue weighted by atomic mass is 10.2. The second kappa shape index (κ2) is 8.26. The second-order valence-corrected chi connectivity index (χ2v) is 5.74. The van der Waals surface area contributed by atoms with Crippen LogP contribution in [0.25, 0.3) is 0 Å². The SMILES string of the molecule is Cc1ccc(NC(=S)NCCC[NH+]2CCOCC2)c(F)c1. The van der Waals surface area contributed by atoms with Crippen molar-refractivity contribution in [2.45, 2.75) is 13.3 Å². The van der Waals surface area contributed by atoms with Crippen LogP contribution in [-0.4, -0.2) is 44.5 Å². The normalized spacial score (nSPS) is 15.7. The molecule has 0 bridgehead atoms. The predicted molar refractivity (Wildman–Crippen MR) is 86.4 cm³/mol. The quantitative estimate of drug-likeness (QED) is 0.553. The summed E-state index contributed by atoms with van der Waals surface area (Å²) in [5, 5.41) is 6.48. The third kappa shape index (κ3) is 5.57. The van der Waals surface area contributed by atoms with Gasteiger partial charge in [-0.25, -0.2) is 4.39 Å². The van der Waals surface area contributed by atoms with Gasteiger partial charge in [-0.1, -0.05) is 6.07 Å². The number of morpholine rings is 1. The van der Waals surface area contributed by atoms with E-state index in [4.69, 9.17) is 17.0 Å². The third-order valence-electron chi connectivity index (χ3n) is 3.57. The zero-order chi connectivity index (χ0) is 15.1. The number of thiocarbonyl (C=S) groups is 1. The highest BCUT2D eigenvalue weighted by molar-refractivity contribution is 7.80. The van der Waals surface area contributed by atoms with Crippen molar-refractivity contribution in [3.05, 3.63) is 29.6 Å². The van der Waals surface area contributed by atoms with Gasteiger partial charge in [0.15, 0.2) is 5.11 Å². The molecule has 1 aliphatic heterocycles. The van der Waals surface area contributed by atoms with Gasteiger partial charge in [-0.15, -0.1) is 0 Å². The average Bonchev–Trinajstić information content (AvgIpc) is 2.48. The fraction of sp³-hybridized carbons (Fsp3) is 0.533. The molecular weight excluding hydrogens is 289 g/mol. The summed E-state index contributed by atoms with van der Waals surface area (Å²) in [6.07, 6.45) is 1.04. The molecule has 1 aliphatic rings. The van der Waals surface area contributed by atoms with Gasteiger partial charge in [-0.3, -0.25) is 0 Å². The minimum Gasteiger partial charge on any atom is -0.370 e. The number of quaternary nitrogens is 1. The summed E-state index contributed by atoms with van der Waals surface area (Å²) in [6, 6.07) is 5.05. The van der Waals surface area contributed by atoms with Crippen LogP contribution in [0.1, 0.15) is 12.0 Å².